The Morgan fingerprint density at radius 2 is 2.30 bits per heavy atom. The van der Waals surface area contributed by atoms with Gasteiger partial charge in [0.05, 0.1) is 6.33 Å². The zero-order chi connectivity index (χ0) is 13.9. The number of unbranched alkanes of at least 4 members (excludes halogenated alkanes) is 1. The summed E-state index contributed by atoms with van der Waals surface area (Å²) in [7, 11) is 3.89. The maximum Gasteiger partial charge on any atom is 0.193 e. The van der Waals surface area contributed by atoms with E-state index in [0.717, 1.165) is 44.9 Å². The van der Waals surface area contributed by atoms with Gasteiger partial charge in [0, 0.05) is 46.1 Å². The molecule has 0 saturated heterocycles. The highest BCUT2D eigenvalue weighted by molar-refractivity contribution is 14.0. The summed E-state index contributed by atoms with van der Waals surface area (Å²) in [5.41, 5.74) is 0. The van der Waals surface area contributed by atoms with Crippen molar-refractivity contribution in [2.45, 2.75) is 25.8 Å². The summed E-state index contributed by atoms with van der Waals surface area (Å²) >= 11 is 0. The van der Waals surface area contributed by atoms with Gasteiger partial charge in [-0.1, -0.05) is 6.08 Å². The SMILES string of the molecule is C=CCCCN(C)C(=NC)NCCCn1ccnc1.I. The monoisotopic (exact) mass is 391 g/mol. The molecular weight excluding hydrogens is 365 g/mol. The Kier molecular flexibility index (Phi) is 11.1. The van der Waals surface area contributed by atoms with Crippen molar-refractivity contribution < 1.29 is 0 Å². The van der Waals surface area contributed by atoms with E-state index in [1.54, 1.807) is 6.20 Å². The van der Waals surface area contributed by atoms with E-state index in [1.807, 2.05) is 25.6 Å². The van der Waals surface area contributed by atoms with E-state index in [1.165, 1.54) is 0 Å². The van der Waals surface area contributed by atoms with Crippen molar-refractivity contribution in [2.24, 2.45) is 4.99 Å². The number of halogens is 1. The van der Waals surface area contributed by atoms with Crippen molar-refractivity contribution >= 4 is 29.9 Å². The largest absolute Gasteiger partial charge is 0.356 e. The second kappa shape index (κ2) is 11.7. The van der Waals surface area contributed by atoms with E-state index >= 15 is 0 Å². The third-order valence-electron chi connectivity index (χ3n) is 2.91. The van der Waals surface area contributed by atoms with Crippen molar-refractivity contribution in [2.75, 3.05) is 27.2 Å². The number of hydrogen-bond donors (Lipinski definition) is 1. The molecule has 114 valence electrons. The van der Waals surface area contributed by atoms with E-state index in [0.29, 0.717) is 0 Å². The second-order valence-electron chi connectivity index (χ2n) is 4.48. The highest BCUT2D eigenvalue weighted by Gasteiger charge is 2.03. The first-order valence-corrected chi connectivity index (χ1v) is 6.76. The van der Waals surface area contributed by atoms with E-state index < -0.39 is 0 Å². The molecule has 0 bridgehead atoms. The van der Waals surface area contributed by atoms with Crippen LogP contribution in [0.4, 0.5) is 0 Å². The van der Waals surface area contributed by atoms with E-state index in [2.05, 4.69) is 38.4 Å². The lowest BCUT2D eigenvalue weighted by Gasteiger charge is -2.21. The standard InChI is InChI=1S/C14H25N5.HI/c1-4-5-6-10-18(3)14(15-2)17-8-7-11-19-12-9-16-13-19;/h4,9,12-13H,1,5-8,10-11H2,2-3H3,(H,15,17);1H. The topological polar surface area (TPSA) is 45.5 Å². The van der Waals surface area contributed by atoms with Gasteiger partial charge in [-0.15, -0.1) is 30.6 Å². The first-order chi connectivity index (χ1) is 9.27. The van der Waals surface area contributed by atoms with Gasteiger partial charge in [-0.3, -0.25) is 4.99 Å². The number of imidazole rings is 1. The number of aromatic nitrogens is 2. The molecule has 1 rings (SSSR count). The van der Waals surface area contributed by atoms with Crippen molar-refractivity contribution in [3.05, 3.63) is 31.4 Å². The summed E-state index contributed by atoms with van der Waals surface area (Å²) in [6.45, 7) is 6.62. The molecule has 6 heteroatoms. The Labute approximate surface area is 139 Å². The zero-order valence-electron chi connectivity index (χ0n) is 12.5. The van der Waals surface area contributed by atoms with Gasteiger partial charge in [-0.2, -0.15) is 0 Å². The van der Waals surface area contributed by atoms with Crippen LogP contribution >= 0.6 is 24.0 Å². The number of aryl methyl sites for hydroxylation is 1. The minimum absolute atomic E-state index is 0. The van der Waals surface area contributed by atoms with Crippen LogP contribution in [0.25, 0.3) is 0 Å². The molecule has 0 saturated carbocycles. The normalized spacial score (nSPS) is 10.8. The molecule has 1 heterocycles. The first kappa shape index (κ1) is 18.9. The van der Waals surface area contributed by atoms with Gasteiger partial charge < -0.3 is 14.8 Å². The van der Waals surface area contributed by atoms with Crippen LogP contribution in [-0.4, -0.2) is 47.6 Å². The fraction of sp³-hybridized carbons (Fsp3) is 0.571. The van der Waals surface area contributed by atoms with Gasteiger partial charge in [0.25, 0.3) is 0 Å². The predicted octanol–water partition coefficient (Wildman–Crippen LogP) is 2.36. The first-order valence-electron chi connectivity index (χ1n) is 6.76. The molecule has 1 aromatic rings. The van der Waals surface area contributed by atoms with Gasteiger partial charge in [-0.25, -0.2) is 4.98 Å². The van der Waals surface area contributed by atoms with Crippen LogP contribution in [-0.2, 0) is 6.54 Å². The van der Waals surface area contributed by atoms with Crippen LogP contribution in [0.2, 0.25) is 0 Å². The molecule has 0 aliphatic carbocycles. The lowest BCUT2D eigenvalue weighted by Crippen LogP contribution is -2.39. The maximum atomic E-state index is 4.29. The summed E-state index contributed by atoms with van der Waals surface area (Å²) in [5, 5.41) is 3.37. The van der Waals surface area contributed by atoms with E-state index in [9.17, 15) is 0 Å². The number of nitrogens with one attached hydrogen (secondary N) is 1. The Morgan fingerprint density at radius 1 is 1.50 bits per heavy atom. The third-order valence-corrected chi connectivity index (χ3v) is 2.91. The summed E-state index contributed by atoms with van der Waals surface area (Å²) in [4.78, 5) is 10.5. The fourth-order valence-electron chi connectivity index (χ4n) is 1.84. The molecule has 0 radical (unpaired) electrons. The number of rotatable bonds is 8. The van der Waals surface area contributed by atoms with Crippen LogP contribution in [0, 0.1) is 0 Å². The summed E-state index contributed by atoms with van der Waals surface area (Å²) < 4.78 is 2.08. The molecule has 1 N–H and O–H groups in total. The van der Waals surface area contributed by atoms with Crippen LogP contribution in [0.3, 0.4) is 0 Å². The summed E-state index contributed by atoms with van der Waals surface area (Å²) in [5.74, 6) is 0.953. The van der Waals surface area contributed by atoms with Crippen molar-refractivity contribution in [3.8, 4) is 0 Å². The fourth-order valence-corrected chi connectivity index (χ4v) is 1.84. The average Bonchev–Trinajstić information content (AvgIpc) is 2.92. The van der Waals surface area contributed by atoms with Gasteiger partial charge in [0.1, 0.15) is 0 Å². The molecule has 5 nitrogen and oxygen atoms in total. The second-order valence-corrected chi connectivity index (χ2v) is 4.48. The number of nitrogens with zero attached hydrogens (tertiary/aromatic N) is 4. The number of hydrogen-bond acceptors (Lipinski definition) is 2. The highest BCUT2D eigenvalue weighted by atomic mass is 127. The van der Waals surface area contributed by atoms with E-state index in [-0.39, 0.29) is 24.0 Å². The smallest absolute Gasteiger partial charge is 0.193 e. The minimum atomic E-state index is 0. The number of allylic oxidation sites excluding steroid dienone is 1. The molecule has 0 aliphatic rings. The zero-order valence-corrected chi connectivity index (χ0v) is 14.8. The minimum Gasteiger partial charge on any atom is -0.356 e. The number of aliphatic imine (C=N–C) groups is 1. The molecule has 0 unspecified atom stereocenters. The highest BCUT2D eigenvalue weighted by Crippen LogP contribution is 1.95. The van der Waals surface area contributed by atoms with Crippen molar-refractivity contribution in [1.82, 2.24) is 19.8 Å². The lowest BCUT2D eigenvalue weighted by atomic mass is 10.3. The maximum absolute atomic E-state index is 4.29. The van der Waals surface area contributed by atoms with Gasteiger partial charge in [-0.05, 0) is 19.3 Å². The molecular formula is C14H26IN5. The molecule has 0 fully saturated rings. The quantitative estimate of drug-likeness (QED) is 0.243. The molecule has 0 spiro atoms. The summed E-state index contributed by atoms with van der Waals surface area (Å²) in [6, 6.07) is 0. The van der Waals surface area contributed by atoms with Gasteiger partial charge in [0.15, 0.2) is 5.96 Å². The molecule has 20 heavy (non-hydrogen) atoms. The molecule has 0 aliphatic heterocycles. The third kappa shape index (κ3) is 7.52. The molecule has 1 aromatic heterocycles. The molecule has 0 amide bonds. The van der Waals surface area contributed by atoms with E-state index in [4.69, 9.17) is 0 Å². The van der Waals surface area contributed by atoms with Crippen LogP contribution in [0.15, 0.2) is 36.4 Å². The summed E-state index contributed by atoms with van der Waals surface area (Å²) in [6.07, 6.45) is 10.8. The van der Waals surface area contributed by atoms with Crippen molar-refractivity contribution in [1.29, 1.82) is 0 Å². The van der Waals surface area contributed by atoms with Crippen molar-refractivity contribution in [3.63, 3.8) is 0 Å². The lowest BCUT2D eigenvalue weighted by molar-refractivity contribution is 0.467. The van der Waals surface area contributed by atoms with Gasteiger partial charge >= 0.3 is 0 Å². The molecule has 0 aromatic carbocycles. The Morgan fingerprint density at radius 3 is 2.90 bits per heavy atom. The Balaban J connectivity index is 0.00000361. The van der Waals surface area contributed by atoms with Gasteiger partial charge in [0.2, 0.25) is 0 Å². The van der Waals surface area contributed by atoms with Crippen LogP contribution in [0.5, 0.6) is 0 Å². The average molecular weight is 391 g/mol. The molecule has 0 atom stereocenters. The number of guanidine groups is 1. The predicted molar refractivity (Wildman–Crippen MR) is 95.7 cm³/mol. The Bertz CT molecular complexity index is 375. The van der Waals surface area contributed by atoms with Crippen LogP contribution in [0.1, 0.15) is 19.3 Å². The Hall–Kier alpha value is -1.05. The van der Waals surface area contributed by atoms with Crippen LogP contribution < -0.4 is 5.32 Å².